The fourth-order valence-corrected chi connectivity index (χ4v) is 2.41. The molecule has 132 valence electrons. The number of rotatable bonds is 7. The van der Waals surface area contributed by atoms with E-state index in [1.54, 1.807) is 7.05 Å². The summed E-state index contributed by atoms with van der Waals surface area (Å²) in [5.41, 5.74) is 4.89. The van der Waals surface area contributed by atoms with Crippen LogP contribution in [-0.2, 0) is 22.7 Å². The van der Waals surface area contributed by atoms with Gasteiger partial charge in [0.25, 0.3) is 5.91 Å². The van der Waals surface area contributed by atoms with E-state index in [1.165, 1.54) is 18.2 Å². The van der Waals surface area contributed by atoms with Gasteiger partial charge in [0.1, 0.15) is 25.2 Å². The minimum absolute atomic E-state index is 0.261. The first-order valence-electron chi connectivity index (χ1n) is 8.13. The highest BCUT2D eigenvalue weighted by Crippen LogP contribution is 2.17. The second kappa shape index (κ2) is 8.87. The zero-order valence-electron chi connectivity index (χ0n) is 15.1. The molecule has 1 amide bonds. The van der Waals surface area contributed by atoms with E-state index in [0.29, 0.717) is 18.7 Å². The highest BCUT2D eigenvalue weighted by molar-refractivity contribution is 6.39. The largest absolute Gasteiger partial charge is 0.489 e. The maximum absolute atomic E-state index is 11.8. The van der Waals surface area contributed by atoms with Crippen LogP contribution in [-0.4, -0.2) is 25.8 Å². The Morgan fingerprint density at radius 2 is 1.88 bits per heavy atom. The van der Waals surface area contributed by atoms with Crippen LogP contribution in [0.4, 0.5) is 0 Å². The quantitative estimate of drug-likeness (QED) is 0.622. The molecule has 1 N–H and O–H groups in total. The lowest BCUT2D eigenvalue weighted by Crippen LogP contribution is -2.29. The molecule has 5 heteroatoms. The van der Waals surface area contributed by atoms with Gasteiger partial charge >= 0.3 is 0 Å². The van der Waals surface area contributed by atoms with Gasteiger partial charge in [-0.25, -0.2) is 0 Å². The summed E-state index contributed by atoms with van der Waals surface area (Å²) in [7, 11) is 2.99. The molecule has 2 rings (SSSR count). The number of nitrogens with zero attached hydrogens (tertiary/aromatic N) is 1. The maximum Gasteiger partial charge on any atom is 0.269 e. The Balaban J connectivity index is 2.06. The number of benzene rings is 2. The summed E-state index contributed by atoms with van der Waals surface area (Å²) < 4.78 is 5.88. The number of hydrogen-bond donors (Lipinski definition) is 1. The molecule has 2 aromatic rings. The highest BCUT2D eigenvalue weighted by atomic mass is 16.6. The predicted octanol–water partition coefficient (Wildman–Crippen LogP) is 3.17. The van der Waals surface area contributed by atoms with Crippen molar-refractivity contribution in [1.29, 1.82) is 0 Å². The molecular formula is C20H24N2O3. The molecule has 0 spiro atoms. The van der Waals surface area contributed by atoms with E-state index in [2.05, 4.69) is 42.5 Å². The summed E-state index contributed by atoms with van der Waals surface area (Å²) in [6.07, 6.45) is 0.369. The summed E-state index contributed by atoms with van der Waals surface area (Å²) in [6, 6.07) is 13.9. The van der Waals surface area contributed by atoms with Gasteiger partial charge in [-0.1, -0.05) is 35.5 Å². The number of aryl methyl sites for hydroxylation is 2. The van der Waals surface area contributed by atoms with Gasteiger partial charge in [0.05, 0.1) is 0 Å². The zero-order valence-corrected chi connectivity index (χ0v) is 15.1. The Hall–Kier alpha value is -2.82. The molecule has 0 aliphatic heterocycles. The molecule has 0 atom stereocenters. The Morgan fingerprint density at radius 3 is 2.56 bits per heavy atom. The molecule has 0 fully saturated rings. The number of carbonyl (C=O) groups is 1. The normalized spacial score (nSPS) is 11.1. The topological polar surface area (TPSA) is 59.9 Å². The minimum atomic E-state index is -0.261. The van der Waals surface area contributed by atoms with Crippen LogP contribution in [0.1, 0.15) is 22.3 Å². The van der Waals surface area contributed by atoms with Crippen molar-refractivity contribution in [2.24, 2.45) is 5.16 Å². The van der Waals surface area contributed by atoms with Gasteiger partial charge in [-0.05, 0) is 48.2 Å². The summed E-state index contributed by atoms with van der Waals surface area (Å²) in [5, 5.41) is 6.36. The number of hydrogen-bond acceptors (Lipinski definition) is 4. The van der Waals surface area contributed by atoms with Gasteiger partial charge in [0.2, 0.25) is 0 Å². The van der Waals surface area contributed by atoms with Crippen molar-refractivity contribution in [1.82, 2.24) is 5.32 Å². The molecule has 0 aromatic heterocycles. The van der Waals surface area contributed by atoms with Gasteiger partial charge in [-0.2, -0.15) is 0 Å². The van der Waals surface area contributed by atoms with Crippen molar-refractivity contribution < 1.29 is 14.4 Å². The van der Waals surface area contributed by atoms with Crippen LogP contribution in [0.25, 0.3) is 0 Å². The van der Waals surface area contributed by atoms with Gasteiger partial charge in [0.15, 0.2) is 0 Å². The first kappa shape index (κ1) is 18.5. The Morgan fingerprint density at radius 1 is 1.08 bits per heavy atom. The van der Waals surface area contributed by atoms with E-state index < -0.39 is 0 Å². The minimum Gasteiger partial charge on any atom is -0.489 e. The highest BCUT2D eigenvalue weighted by Gasteiger charge is 2.12. The van der Waals surface area contributed by atoms with Crippen LogP contribution in [0.2, 0.25) is 0 Å². The van der Waals surface area contributed by atoms with Gasteiger partial charge in [-0.15, -0.1) is 0 Å². The second-order valence-corrected chi connectivity index (χ2v) is 5.83. The molecule has 0 bridgehead atoms. The molecular weight excluding hydrogens is 316 g/mol. The maximum atomic E-state index is 11.8. The monoisotopic (exact) mass is 340 g/mol. The molecule has 0 aliphatic carbocycles. The molecule has 0 unspecified atom stereocenters. The summed E-state index contributed by atoms with van der Waals surface area (Å²) in [6.45, 7) is 4.68. The first-order valence-corrected chi connectivity index (χ1v) is 8.13. The Bertz CT molecular complexity index is 769. The van der Waals surface area contributed by atoms with Gasteiger partial charge in [0, 0.05) is 13.5 Å². The van der Waals surface area contributed by atoms with Gasteiger partial charge < -0.3 is 14.9 Å². The van der Waals surface area contributed by atoms with Crippen molar-refractivity contribution in [3.05, 3.63) is 64.7 Å². The molecule has 0 saturated heterocycles. The van der Waals surface area contributed by atoms with Crippen molar-refractivity contribution in [3.63, 3.8) is 0 Å². The molecule has 2 aromatic carbocycles. The molecule has 0 aliphatic rings. The number of ether oxygens (including phenoxy) is 1. The predicted molar refractivity (Wildman–Crippen MR) is 98.9 cm³/mol. The lowest BCUT2D eigenvalue weighted by Gasteiger charge is -2.10. The molecule has 5 nitrogen and oxygen atoms in total. The van der Waals surface area contributed by atoms with Crippen LogP contribution >= 0.6 is 0 Å². The van der Waals surface area contributed by atoms with Crippen LogP contribution < -0.4 is 10.1 Å². The summed E-state index contributed by atoms with van der Waals surface area (Å²) in [4.78, 5) is 16.6. The first-order chi connectivity index (χ1) is 12.0. The Kier molecular flexibility index (Phi) is 6.57. The van der Waals surface area contributed by atoms with Crippen molar-refractivity contribution >= 4 is 11.6 Å². The number of amides is 1. The zero-order chi connectivity index (χ0) is 18.2. The summed E-state index contributed by atoms with van der Waals surface area (Å²) >= 11 is 0. The van der Waals surface area contributed by atoms with Crippen molar-refractivity contribution in [2.75, 3.05) is 14.2 Å². The van der Waals surface area contributed by atoms with E-state index >= 15 is 0 Å². The lowest BCUT2D eigenvalue weighted by molar-refractivity contribution is -0.114. The summed E-state index contributed by atoms with van der Waals surface area (Å²) in [5.74, 6) is 0.493. The SMILES string of the molecule is CNC(=O)C(Cc1cccc(OCc2ccc(C)c(C)c2)c1)=NOC. The average molecular weight is 340 g/mol. The molecule has 0 heterocycles. The molecule has 0 saturated carbocycles. The molecule has 25 heavy (non-hydrogen) atoms. The lowest BCUT2D eigenvalue weighted by atomic mass is 10.1. The van der Waals surface area contributed by atoms with E-state index in [0.717, 1.165) is 16.9 Å². The Labute approximate surface area is 148 Å². The van der Waals surface area contributed by atoms with Crippen LogP contribution in [0.15, 0.2) is 47.6 Å². The fourth-order valence-electron chi connectivity index (χ4n) is 2.41. The van der Waals surface area contributed by atoms with Crippen molar-refractivity contribution in [2.45, 2.75) is 26.9 Å². The number of oxime groups is 1. The third-order valence-corrected chi connectivity index (χ3v) is 3.94. The van der Waals surface area contributed by atoms with Crippen molar-refractivity contribution in [3.8, 4) is 5.75 Å². The average Bonchev–Trinajstić information content (AvgIpc) is 2.62. The van der Waals surface area contributed by atoms with E-state index in [-0.39, 0.29) is 5.91 Å². The van der Waals surface area contributed by atoms with Crippen LogP contribution in [0, 0.1) is 13.8 Å². The van der Waals surface area contributed by atoms with Crippen LogP contribution in [0.3, 0.4) is 0 Å². The van der Waals surface area contributed by atoms with Gasteiger partial charge in [-0.3, -0.25) is 4.79 Å². The second-order valence-electron chi connectivity index (χ2n) is 5.83. The van der Waals surface area contributed by atoms with Crippen LogP contribution in [0.5, 0.6) is 5.75 Å². The number of carbonyl (C=O) groups excluding carboxylic acids is 1. The third kappa shape index (κ3) is 5.35. The smallest absolute Gasteiger partial charge is 0.269 e. The van der Waals surface area contributed by atoms with E-state index in [1.807, 2.05) is 24.3 Å². The van der Waals surface area contributed by atoms with E-state index in [4.69, 9.17) is 9.57 Å². The standard InChI is InChI=1S/C20H24N2O3/c1-14-8-9-17(10-15(14)2)13-25-18-7-5-6-16(11-18)12-19(22-24-4)20(23)21-3/h5-11H,12-13H2,1-4H3,(H,21,23). The van der Waals surface area contributed by atoms with E-state index in [9.17, 15) is 4.79 Å². The molecule has 0 radical (unpaired) electrons. The number of nitrogens with one attached hydrogen (secondary N) is 1. The fraction of sp³-hybridized carbons (Fsp3) is 0.300. The third-order valence-electron chi connectivity index (χ3n) is 3.94.